The predicted octanol–water partition coefficient (Wildman–Crippen LogP) is 8.64. The molecule has 51 heavy (non-hydrogen) atoms. The van der Waals surface area contributed by atoms with Crippen molar-refractivity contribution in [3.63, 3.8) is 0 Å². The number of ether oxygens (including phenoxy) is 3. The molecule has 1 N–H and O–H groups in total. The fourth-order valence-corrected chi connectivity index (χ4v) is 31.8. The molecule has 0 saturated heterocycles. The molecule has 0 aliphatic rings. The van der Waals surface area contributed by atoms with Crippen molar-refractivity contribution < 1.29 is 49.5 Å². The summed E-state index contributed by atoms with van der Waals surface area (Å²) in [6.07, 6.45) is 0.652. The molecule has 18 heteroatoms. The van der Waals surface area contributed by atoms with Crippen LogP contribution in [0.3, 0.4) is 0 Å². The largest absolute Gasteiger partial charge is 0.469 e. The molecule has 0 heterocycles. The van der Waals surface area contributed by atoms with Crippen LogP contribution in [-0.2, 0) is 44.4 Å². The van der Waals surface area contributed by atoms with Crippen LogP contribution in [0.25, 0.3) is 0 Å². The first-order valence-corrected chi connectivity index (χ1v) is 39.5. The molecule has 0 spiro atoms. The Hall–Kier alpha value is -0.342. The van der Waals surface area contributed by atoms with Gasteiger partial charge in [-0.1, -0.05) is 13.2 Å². The zero-order chi connectivity index (χ0) is 40.7. The second-order valence-corrected chi connectivity index (χ2v) is 48.0. The van der Waals surface area contributed by atoms with Crippen molar-refractivity contribution in [3.8, 4) is 0 Å². The van der Waals surface area contributed by atoms with Gasteiger partial charge in [-0.3, -0.25) is 0 Å². The van der Waals surface area contributed by atoms with E-state index in [9.17, 15) is 14.7 Å². The number of hydrogen-bond donors (Lipinski definition) is 1. The summed E-state index contributed by atoms with van der Waals surface area (Å²) in [5, 5.41) is 9.78. The quantitative estimate of drug-likeness (QED) is 0.0434. The van der Waals surface area contributed by atoms with Crippen LogP contribution in [0.2, 0.25) is 117 Å². The lowest BCUT2D eigenvalue weighted by Gasteiger charge is -2.42. The Morgan fingerprint density at radius 3 is 1.24 bits per heavy atom. The summed E-state index contributed by atoms with van der Waals surface area (Å²) in [6, 6.07) is 1.54. The van der Waals surface area contributed by atoms with Gasteiger partial charge in [0, 0.05) is 23.8 Å². The number of rotatable bonds is 24. The number of carbonyl (C=O) groups excluding carboxylic acids is 2. The maximum Gasteiger partial charge on any atom is 0.469 e. The Kier molecular flexibility index (Phi) is 23.0. The number of hydrogen-bond acceptors (Lipinski definition) is 11. The molecule has 0 aliphatic carbocycles. The minimum absolute atomic E-state index is 0.0877. The molecule has 11 nitrogen and oxygen atoms in total. The lowest BCUT2D eigenvalue weighted by atomic mass is 10.3. The molecule has 0 saturated carbocycles. The molecule has 0 aromatic heterocycles. The van der Waals surface area contributed by atoms with E-state index in [1.807, 2.05) is 0 Å². The SMILES string of the molecule is C=C(C)C(=O)OCC(O)COCCC[Si](C)(O[Si](C)(C)C)O[Si](C)(C)C.C=C(C)C(=O)OCCC[Si](O[Si](C)(C)C)(O[Si](C)(C)C)O[Si](C)(C)C. The Balaban J connectivity index is 0. The van der Waals surface area contributed by atoms with Gasteiger partial charge in [-0.15, -0.1) is 0 Å². The van der Waals surface area contributed by atoms with E-state index in [1.54, 1.807) is 13.8 Å². The van der Waals surface area contributed by atoms with Crippen LogP contribution >= 0.6 is 0 Å². The lowest BCUT2D eigenvalue weighted by molar-refractivity contribution is -0.143. The second kappa shape index (κ2) is 22.3. The second-order valence-electron chi connectivity index (χ2n) is 18.1. The number of carbonyl (C=O) groups is 2. The van der Waals surface area contributed by atoms with Gasteiger partial charge >= 0.3 is 29.3 Å². The van der Waals surface area contributed by atoms with Crippen molar-refractivity contribution in [2.24, 2.45) is 0 Å². The molecule has 0 radical (unpaired) electrons. The molecule has 1 atom stereocenters. The normalized spacial score (nSPS) is 13.9. The molecule has 1 unspecified atom stereocenters. The first kappa shape index (κ1) is 52.8. The van der Waals surface area contributed by atoms with Crippen molar-refractivity contribution in [2.45, 2.75) is 150 Å². The Labute approximate surface area is 319 Å². The summed E-state index contributed by atoms with van der Waals surface area (Å²) >= 11 is 0. The molecular formula is C33H76O11Si7. The summed E-state index contributed by atoms with van der Waals surface area (Å²) in [5.41, 5.74) is 0.728. The average Bonchev–Trinajstić information content (AvgIpc) is 2.84. The molecule has 0 fully saturated rings. The summed E-state index contributed by atoms with van der Waals surface area (Å²) in [5.74, 6) is -0.853. The molecule has 0 rings (SSSR count). The van der Waals surface area contributed by atoms with Crippen LogP contribution in [0, 0.1) is 0 Å². The minimum atomic E-state index is -2.83. The maximum absolute atomic E-state index is 11.6. The van der Waals surface area contributed by atoms with Gasteiger partial charge in [-0.05, 0) is 137 Å². The predicted molar refractivity (Wildman–Crippen MR) is 227 cm³/mol. The van der Waals surface area contributed by atoms with Crippen LogP contribution < -0.4 is 0 Å². The third-order valence-electron chi connectivity index (χ3n) is 5.62. The third-order valence-corrected chi connectivity index (χ3v) is 27.3. The first-order valence-electron chi connectivity index (χ1n) is 18.0. The van der Waals surface area contributed by atoms with Crippen LogP contribution in [-0.4, -0.2) is 109 Å². The van der Waals surface area contributed by atoms with Gasteiger partial charge in [-0.25, -0.2) is 9.59 Å². The Morgan fingerprint density at radius 1 is 0.529 bits per heavy atom. The van der Waals surface area contributed by atoms with Crippen LogP contribution in [0.5, 0.6) is 0 Å². The molecule has 0 aliphatic heterocycles. The van der Waals surface area contributed by atoms with E-state index in [1.165, 1.54) is 0 Å². The maximum atomic E-state index is 11.6. The highest BCUT2D eigenvalue weighted by Gasteiger charge is 2.49. The Morgan fingerprint density at radius 2 is 0.882 bits per heavy atom. The minimum Gasteiger partial charge on any atom is -0.462 e. The van der Waals surface area contributed by atoms with Crippen molar-refractivity contribution >= 4 is 70.9 Å². The summed E-state index contributed by atoms with van der Waals surface area (Å²) in [4.78, 5) is 22.8. The molecule has 0 aromatic rings. The van der Waals surface area contributed by atoms with E-state index in [0.717, 1.165) is 12.5 Å². The summed E-state index contributed by atoms with van der Waals surface area (Å²) in [6.45, 7) is 45.9. The highest BCUT2D eigenvalue weighted by atomic mass is 28.5. The number of aliphatic hydroxyl groups excluding tert-OH is 1. The summed E-state index contributed by atoms with van der Waals surface area (Å²) in [7, 11) is -14.0. The molecule has 0 amide bonds. The monoisotopic (exact) mass is 844 g/mol. The number of aliphatic hydroxyl groups is 1. The van der Waals surface area contributed by atoms with E-state index in [4.69, 9.17) is 34.8 Å². The third kappa shape index (κ3) is 31.7. The fourth-order valence-electron chi connectivity index (χ4n) is 4.67. The van der Waals surface area contributed by atoms with Crippen LogP contribution in [0.1, 0.15) is 26.7 Å². The van der Waals surface area contributed by atoms with Gasteiger partial charge in [0.05, 0.1) is 13.2 Å². The van der Waals surface area contributed by atoms with Gasteiger partial charge in [0.15, 0.2) is 41.6 Å². The zero-order valence-electron chi connectivity index (χ0n) is 35.7. The van der Waals surface area contributed by atoms with Gasteiger partial charge < -0.3 is 39.9 Å². The first-order chi connectivity index (χ1) is 22.6. The summed E-state index contributed by atoms with van der Waals surface area (Å²) < 4.78 is 48.3. The topological polar surface area (TPSA) is 128 Å². The van der Waals surface area contributed by atoms with Crippen molar-refractivity contribution in [3.05, 3.63) is 24.3 Å². The van der Waals surface area contributed by atoms with Gasteiger partial charge in [0.25, 0.3) is 0 Å². The molecular weight excluding hydrogens is 769 g/mol. The molecule has 302 valence electrons. The molecule has 0 bridgehead atoms. The van der Waals surface area contributed by atoms with Gasteiger partial charge in [0.1, 0.15) is 12.7 Å². The Bertz CT molecular complexity index is 1030. The lowest BCUT2D eigenvalue weighted by Crippen LogP contribution is -2.60. The van der Waals surface area contributed by atoms with Crippen LogP contribution in [0.15, 0.2) is 24.3 Å². The van der Waals surface area contributed by atoms with E-state index in [0.29, 0.717) is 36.8 Å². The highest BCUT2D eigenvalue weighted by molar-refractivity contribution is 6.90. The van der Waals surface area contributed by atoms with Crippen LogP contribution in [0.4, 0.5) is 0 Å². The van der Waals surface area contributed by atoms with E-state index < -0.39 is 71.0 Å². The van der Waals surface area contributed by atoms with Crippen molar-refractivity contribution in [1.82, 2.24) is 0 Å². The van der Waals surface area contributed by atoms with E-state index >= 15 is 0 Å². The van der Waals surface area contributed by atoms with Gasteiger partial charge in [0.2, 0.25) is 0 Å². The van der Waals surface area contributed by atoms with Crippen molar-refractivity contribution in [1.29, 1.82) is 0 Å². The fraction of sp³-hybridized carbons (Fsp3) is 0.818. The van der Waals surface area contributed by atoms with Gasteiger partial charge in [-0.2, -0.15) is 0 Å². The van der Waals surface area contributed by atoms with E-state index in [-0.39, 0.29) is 19.2 Å². The van der Waals surface area contributed by atoms with E-state index in [2.05, 4.69) is 118 Å². The standard InChI is InChI=1S/C17H38O6Si3.C16H38O5Si4/c1-15(2)17(19)21-14-16(18)13-20-11-10-12-26(9,22-24(3,4)5)23-25(6,7)8;1-15(2)16(17)18-13-12-14-25(19-22(3,4)5,20-23(6,7)8)21-24(9,10)11/h16,18H,1,10-14H2,2-9H3;1,12-14H2,2-11H3. The number of esters is 2. The smallest absolute Gasteiger partial charge is 0.462 e. The van der Waals surface area contributed by atoms with Crippen molar-refractivity contribution in [2.75, 3.05) is 26.4 Å². The highest BCUT2D eigenvalue weighted by Crippen LogP contribution is 2.30. The average molecular weight is 846 g/mol. The molecule has 0 aromatic carbocycles. The zero-order valence-corrected chi connectivity index (χ0v) is 42.7.